The molecule has 14 nitrogen and oxygen atoms in total. The number of hydrogen-bond acceptors (Lipinski definition) is 10. The summed E-state index contributed by atoms with van der Waals surface area (Å²) in [5.41, 5.74) is -0.177. The molecule has 4 N–H and O–H groups in total. The number of aromatic nitrogens is 4. The molecule has 0 radical (unpaired) electrons. The van der Waals surface area contributed by atoms with Crippen LogP contribution in [0.2, 0.25) is 0 Å². The Balaban J connectivity index is 1.47. The van der Waals surface area contributed by atoms with E-state index in [2.05, 4.69) is 36.3 Å². The first-order valence-electron chi connectivity index (χ1n) is 14.0. The van der Waals surface area contributed by atoms with E-state index in [-0.39, 0.29) is 36.8 Å². The van der Waals surface area contributed by atoms with Gasteiger partial charge < -0.3 is 29.9 Å². The van der Waals surface area contributed by atoms with Gasteiger partial charge in [-0.15, -0.1) is 0 Å². The fraction of sp³-hybridized carbons (Fsp3) is 0.483. The summed E-state index contributed by atoms with van der Waals surface area (Å²) in [5, 5.41) is 18.4. The molecule has 3 amide bonds. The summed E-state index contributed by atoms with van der Waals surface area (Å²) in [5.74, 6) is -1.05. The Hall–Kier alpha value is -4.43. The zero-order valence-corrected chi connectivity index (χ0v) is 24.6. The average Bonchev–Trinajstić information content (AvgIpc) is 3.33. The molecule has 4 rings (SSSR count). The minimum atomic E-state index is -1.16. The Labute approximate surface area is 248 Å². The number of benzene rings is 1. The third-order valence-electron chi connectivity index (χ3n) is 6.91. The molecule has 0 bridgehead atoms. The highest BCUT2D eigenvalue weighted by Gasteiger charge is 2.50. The first-order chi connectivity index (χ1) is 20.6. The van der Waals surface area contributed by atoms with Crippen molar-refractivity contribution >= 4 is 23.5 Å². The molecule has 4 atom stereocenters. The number of Topliss-reactive ketones (excluding diaryl/α,β-unsaturated/α-hetero) is 1. The number of carbonyl (C=O) groups excluding carboxylic acids is 4. The normalized spacial score (nSPS) is 18.0. The lowest BCUT2D eigenvalue weighted by Crippen LogP contribution is -2.58. The Morgan fingerprint density at radius 3 is 2.37 bits per heavy atom. The van der Waals surface area contributed by atoms with E-state index in [1.807, 2.05) is 44.2 Å². The Morgan fingerprint density at radius 2 is 1.74 bits per heavy atom. The van der Waals surface area contributed by atoms with Crippen LogP contribution in [0.25, 0.3) is 0 Å². The smallest absolute Gasteiger partial charge is 0.274 e. The number of epoxide rings is 1. The molecule has 3 heterocycles. The topological polar surface area (TPSA) is 194 Å². The number of hydrogen-bond donors (Lipinski definition) is 4. The lowest BCUT2D eigenvalue weighted by atomic mass is 9.93. The van der Waals surface area contributed by atoms with Crippen LogP contribution in [-0.2, 0) is 36.7 Å². The molecular weight excluding hydrogens is 558 g/mol. The number of amides is 3. The van der Waals surface area contributed by atoms with Crippen molar-refractivity contribution in [2.45, 2.75) is 63.8 Å². The van der Waals surface area contributed by atoms with Crippen molar-refractivity contribution in [2.75, 3.05) is 20.3 Å². The van der Waals surface area contributed by atoms with Gasteiger partial charge in [-0.2, -0.15) is 5.10 Å². The van der Waals surface area contributed by atoms with Crippen molar-refractivity contribution in [3.8, 4) is 0 Å². The lowest BCUT2D eigenvalue weighted by molar-refractivity contribution is -0.133. The van der Waals surface area contributed by atoms with Gasteiger partial charge >= 0.3 is 0 Å². The number of ether oxygens (including phenoxy) is 2. The van der Waals surface area contributed by atoms with Crippen LogP contribution in [0.5, 0.6) is 0 Å². The molecular formula is C29H37N7O7. The van der Waals surface area contributed by atoms with Gasteiger partial charge in [0.25, 0.3) is 5.91 Å². The van der Waals surface area contributed by atoms with Crippen LogP contribution < -0.4 is 16.0 Å². The maximum absolute atomic E-state index is 13.6. The van der Waals surface area contributed by atoms with Gasteiger partial charge in [-0.1, -0.05) is 49.3 Å². The van der Waals surface area contributed by atoms with Crippen molar-refractivity contribution in [1.82, 2.24) is 36.3 Å². The van der Waals surface area contributed by atoms with Gasteiger partial charge in [-0.3, -0.25) is 24.3 Å². The van der Waals surface area contributed by atoms with Crippen molar-refractivity contribution in [1.29, 1.82) is 0 Å². The van der Waals surface area contributed by atoms with Gasteiger partial charge in [0, 0.05) is 19.6 Å². The number of rotatable bonds is 16. The Morgan fingerprint density at radius 1 is 1.05 bits per heavy atom. The van der Waals surface area contributed by atoms with E-state index in [4.69, 9.17) is 14.0 Å². The monoisotopic (exact) mass is 595 g/mol. The number of carbonyl (C=O) groups is 4. The summed E-state index contributed by atoms with van der Waals surface area (Å²) < 4.78 is 15.7. The molecule has 43 heavy (non-hydrogen) atoms. The zero-order chi connectivity index (χ0) is 31.0. The van der Waals surface area contributed by atoms with Gasteiger partial charge in [0.2, 0.25) is 11.8 Å². The van der Waals surface area contributed by atoms with Gasteiger partial charge in [-0.25, -0.2) is 4.98 Å². The summed E-state index contributed by atoms with van der Waals surface area (Å²) in [7, 11) is 1.38. The van der Waals surface area contributed by atoms with Gasteiger partial charge in [0.05, 0.1) is 25.7 Å². The van der Waals surface area contributed by atoms with Crippen LogP contribution >= 0.6 is 0 Å². The number of nitrogens with zero attached hydrogens (tertiary/aromatic N) is 3. The van der Waals surface area contributed by atoms with Gasteiger partial charge in [-0.05, 0) is 24.8 Å². The predicted octanol–water partition coefficient (Wildman–Crippen LogP) is 0.745. The van der Waals surface area contributed by atoms with Crippen LogP contribution in [0.15, 0.2) is 47.2 Å². The SMILES string of the molecule is COCC(NC(=O)c1cc(Cc2ncn[nH]2)on1)C(=O)N[C@@H](Cc1ccccc1)C(=O)NC(CC(C)C)C(=O)C1(C)CO1. The molecule has 14 heteroatoms. The second kappa shape index (κ2) is 14.2. The highest BCUT2D eigenvalue weighted by atomic mass is 16.6. The number of H-pyrrole nitrogens is 1. The fourth-order valence-corrected chi connectivity index (χ4v) is 4.49. The maximum atomic E-state index is 13.6. The molecule has 2 aromatic heterocycles. The Kier molecular flexibility index (Phi) is 10.4. The van der Waals surface area contributed by atoms with Crippen LogP contribution in [0.1, 0.15) is 54.8 Å². The summed E-state index contributed by atoms with van der Waals surface area (Å²) in [6.07, 6.45) is 2.15. The maximum Gasteiger partial charge on any atom is 0.274 e. The largest absolute Gasteiger partial charge is 0.382 e. The molecule has 0 saturated carbocycles. The van der Waals surface area contributed by atoms with Crippen molar-refractivity contribution in [3.05, 3.63) is 65.6 Å². The van der Waals surface area contributed by atoms with Gasteiger partial charge in [0.1, 0.15) is 35.6 Å². The number of ketones is 1. The molecule has 0 spiro atoms. The van der Waals surface area contributed by atoms with Crippen molar-refractivity contribution in [2.24, 2.45) is 5.92 Å². The van der Waals surface area contributed by atoms with E-state index in [0.717, 1.165) is 5.56 Å². The zero-order valence-electron chi connectivity index (χ0n) is 24.6. The van der Waals surface area contributed by atoms with E-state index in [1.165, 1.54) is 19.5 Å². The molecule has 3 unspecified atom stereocenters. The summed E-state index contributed by atoms with van der Waals surface area (Å²) in [4.78, 5) is 57.2. The van der Waals surface area contributed by atoms with Gasteiger partial charge in [0.15, 0.2) is 11.5 Å². The quantitative estimate of drug-likeness (QED) is 0.172. The van der Waals surface area contributed by atoms with E-state index in [9.17, 15) is 19.2 Å². The van der Waals surface area contributed by atoms with Crippen LogP contribution in [0.4, 0.5) is 0 Å². The highest BCUT2D eigenvalue weighted by Crippen LogP contribution is 2.29. The molecule has 3 aromatic rings. The summed E-state index contributed by atoms with van der Waals surface area (Å²) in [6, 6.07) is 7.58. The number of nitrogens with one attached hydrogen (secondary N) is 4. The molecule has 1 saturated heterocycles. The first-order valence-corrected chi connectivity index (χ1v) is 14.0. The molecule has 230 valence electrons. The Bertz CT molecular complexity index is 1390. The average molecular weight is 596 g/mol. The van der Waals surface area contributed by atoms with Crippen LogP contribution in [0, 0.1) is 5.92 Å². The third-order valence-corrected chi connectivity index (χ3v) is 6.91. The molecule has 1 aliphatic rings. The molecule has 1 aromatic carbocycles. The molecule has 1 fully saturated rings. The van der Waals surface area contributed by atoms with E-state index >= 15 is 0 Å². The van der Waals surface area contributed by atoms with Crippen LogP contribution in [0.3, 0.4) is 0 Å². The van der Waals surface area contributed by atoms with E-state index in [1.54, 1.807) is 6.92 Å². The minimum Gasteiger partial charge on any atom is -0.382 e. The number of aromatic amines is 1. The van der Waals surface area contributed by atoms with E-state index < -0.39 is 41.4 Å². The van der Waals surface area contributed by atoms with Crippen LogP contribution in [-0.4, -0.2) is 87.9 Å². The molecule has 0 aliphatic carbocycles. The fourth-order valence-electron chi connectivity index (χ4n) is 4.49. The summed E-state index contributed by atoms with van der Waals surface area (Å²) in [6.45, 7) is 5.73. The molecule has 1 aliphatic heterocycles. The van der Waals surface area contributed by atoms with Crippen molar-refractivity contribution < 1.29 is 33.2 Å². The predicted molar refractivity (Wildman–Crippen MR) is 152 cm³/mol. The lowest BCUT2D eigenvalue weighted by Gasteiger charge is -2.26. The first kappa shape index (κ1) is 31.5. The highest BCUT2D eigenvalue weighted by molar-refractivity contribution is 5.99. The standard InChI is InChI=1S/C29H37N7O7/c1-17(2)10-20(25(37)29(3)15-42-29)32-26(38)21(11-18-8-6-5-7-9-18)33-28(40)23(14-41-4)34-27(39)22-12-19(43-36-22)13-24-30-16-31-35-24/h5-9,12,16-17,20-21,23H,10-11,13-15H2,1-4H3,(H,32,38)(H,33,40)(H,34,39)(H,30,31,35)/t20?,21-,23?,29?/m0/s1. The summed E-state index contributed by atoms with van der Waals surface area (Å²) >= 11 is 0. The second-order valence-electron chi connectivity index (χ2n) is 11.1. The van der Waals surface area contributed by atoms with E-state index in [0.29, 0.717) is 24.6 Å². The third kappa shape index (κ3) is 8.78. The number of methoxy groups -OCH3 is 1. The second-order valence-corrected chi connectivity index (χ2v) is 11.1. The van der Waals surface area contributed by atoms with Crippen molar-refractivity contribution in [3.63, 3.8) is 0 Å². The minimum absolute atomic E-state index is 0.0483.